The number of aromatic nitrogens is 1. The molecule has 0 spiro atoms. The zero-order valence-electron chi connectivity index (χ0n) is 14.7. The number of anilines is 2. The molecule has 1 aromatic heterocycles. The SMILES string of the molecule is CCOc1ccc(Nc2ncccc2C(=O)OCCN(C)C)cc1.Cl. The van der Waals surface area contributed by atoms with Crippen LogP contribution in [0.4, 0.5) is 11.5 Å². The average molecular weight is 366 g/mol. The number of halogens is 1. The van der Waals surface area contributed by atoms with E-state index in [-0.39, 0.29) is 12.4 Å². The zero-order valence-corrected chi connectivity index (χ0v) is 15.5. The Labute approximate surface area is 154 Å². The van der Waals surface area contributed by atoms with Crippen LogP contribution in [0.25, 0.3) is 0 Å². The first-order valence-corrected chi connectivity index (χ1v) is 7.87. The molecule has 25 heavy (non-hydrogen) atoms. The lowest BCUT2D eigenvalue weighted by molar-refractivity contribution is 0.0482. The number of nitrogens with zero attached hydrogens (tertiary/aromatic N) is 2. The van der Waals surface area contributed by atoms with E-state index in [2.05, 4.69) is 10.3 Å². The van der Waals surface area contributed by atoms with Gasteiger partial charge in [-0.2, -0.15) is 0 Å². The third kappa shape index (κ3) is 6.60. The van der Waals surface area contributed by atoms with Crippen LogP contribution in [0.15, 0.2) is 42.6 Å². The van der Waals surface area contributed by atoms with Crippen LogP contribution in [0.1, 0.15) is 17.3 Å². The number of carbonyl (C=O) groups excluding carboxylic acids is 1. The van der Waals surface area contributed by atoms with E-state index in [1.165, 1.54) is 0 Å². The Balaban J connectivity index is 0.00000312. The van der Waals surface area contributed by atoms with Crippen molar-refractivity contribution >= 4 is 29.9 Å². The Kier molecular flexibility index (Phi) is 8.74. The number of nitrogens with one attached hydrogen (secondary N) is 1. The number of hydrogen-bond donors (Lipinski definition) is 1. The molecule has 1 N–H and O–H groups in total. The van der Waals surface area contributed by atoms with Crippen LogP contribution in [0.5, 0.6) is 5.75 Å². The van der Waals surface area contributed by atoms with Crippen LogP contribution in [0.2, 0.25) is 0 Å². The third-order valence-electron chi connectivity index (χ3n) is 3.23. The standard InChI is InChI=1S/C18H23N3O3.ClH/c1-4-23-15-9-7-14(8-10-15)20-17-16(6-5-11-19-17)18(22)24-13-12-21(2)3;/h5-11H,4,12-13H2,1-3H3,(H,19,20);1H. The average Bonchev–Trinajstić information content (AvgIpc) is 2.57. The number of esters is 1. The fourth-order valence-electron chi connectivity index (χ4n) is 2.01. The van der Waals surface area contributed by atoms with Gasteiger partial charge in [0.15, 0.2) is 0 Å². The van der Waals surface area contributed by atoms with Gasteiger partial charge in [-0.25, -0.2) is 9.78 Å². The third-order valence-corrected chi connectivity index (χ3v) is 3.23. The largest absolute Gasteiger partial charge is 0.494 e. The topological polar surface area (TPSA) is 63.7 Å². The molecule has 0 atom stereocenters. The summed E-state index contributed by atoms with van der Waals surface area (Å²) in [4.78, 5) is 18.4. The molecule has 0 amide bonds. The van der Waals surface area contributed by atoms with Crippen LogP contribution >= 0.6 is 12.4 Å². The highest BCUT2D eigenvalue weighted by molar-refractivity contribution is 5.95. The van der Waals surface area contributed by atoms with Crippen molar-refractivity contribution < 1.29 is 14.3 Å². The molecule has 0 unspecified atom stereocenters. The molecule has 2 aromatic rings. The lowest BCUT2D eigenvalue weighted by Gasteiger charge is -2.13. The first-order valence-electron chi connectivity index (χ1n) is 7.87. The molecular formula is C18H24ClN3O3. The summed E-state index contributed by atoms with van der Waals surface area (Å²) in [6.45, 7) is 3.57. The van der Waals surface area contributed by atoms with E-state index in [4.69, 9.17) is 9.47 Å². The second kappa shape index (κ2) is 10.5. The van der Waals surface area contributed by atoms with E-state index in [9.17, 15) is 4.79 Å². The molecule has 0 saturated heterocycles. The molecule has 0 radical (unpaired) electrons. The van der Waals surface area contributed by atoms with Crippen molar-refractivity contribution in [2.24, 2.45) is 0 Å². The van der Waals surface area contributed by atoms with Crippen molar-refractivity contribution in [3.8, 4) is 5.75 Å². The molecule has 6 nitrogen and oxygen atoms in total. The lowest BCUT2D eigenvalue weighted by atomic mass is 10.2. The molecule has 0 aliphatic heterocycles. The molecule has 0 aliphatic rings. The maximum Gasteiger partial charge on any atom is 0.341 e. The number of pyridine rings is 1. The summed E-state index contributed by atoms with van der Waals surface area (Å²) in [7, 11) is 3.85. The van der Waals surface area contributed by atoms with Gasteiger partial charge < -0.3 is 19.7 Å². The van der Waals surface area contributed by atoms with E-state index < -0.39 is 5.97 Å². The summed E-state index contributed by atoms with van der Waals surface area (Å²) in [5, 5.41) is 3.14. The van der Waals surface area contributed by atoms with Gasteiger partial charge >= 0.3 is 5.97 Å². The highest BCUT2D eigenvalue weighted by atomic mass is 35.5. The van der Waals surface area contributed by atoms with E-state index >= 15 is 0 Å². The number of rotatable bonds is 8. The fourth-order valence-corrected chi connectivity index (χ4v) is 2.01. The Morgan fingerprint density at radius 2 is 1.92 bits per heavy atom. The van der Waals surface area contributed by atoms with Crippen molar-refractivity contribution in [2.45, 2.75) is 6.92 Å². The summed E-state index contributed by atoms with van der Waals surface area (Å²) >= 11 is 0. The molecule has 7 heteroatoms. The predicted molar refractivity (Wildman–Crippen MR) is 101 cm³/mol. The molecule has 0 saturated carbocycles. The molecular weight excluding hydrogens is 342 g/mol. The first kappa shape index (κ1) is 20.7. The van der Waals surface area contributed by atoms with Crippen molar-refractivity contribution in [3.63, 3.8) is 0 Å². The van der Waals surface area contributed by atoms with Gasteiger partial charge in [0.05, 0.1) is 6.61 Å². The Morgan fingerprint density at radius 1 is 1.20 bits per heavy atom. The number of benzene rings is 1. The highest BCUT2D eigenvalue weighted by Gasteiger charge is 2.14. The van der Waals surface area contributed by atoms with Gasteiger partial charge in [-0.15, -0.1) is 12.4 Å². The van der Waals surface area contributed by atoms with Crippen LogP contribution in [0, 0.1) is 0 Å². The summed E-state index contributed by atoms with van der Waals surface area (Å²) in [5.41, 5.74) is 1.23. The van der Waals surface area contributed by atoms with Crippen molar-refractivity contribution in [1.82, 2.24) is 9.88 Å². The number of carbonyl (C=O) groups is 1. The lowest BCUT2D eigenvalue weighted by Crippen LogP contribution is -2.20. The van der Waals surface area contributed by atoms with Gasteiger partial charge in [-0.05, 0) is 57.4 Å². The number of ether oxygens (including phenoxy) is 2. The second-order valence-corrected chi connectivity index (χ2v) is 5.42. The van der Waals surface area contributed by atoms with Crippen LogP contribution < -0.4 is 10.1 Å². The number of hydrogen-bond acceptors (Lipinski definition) is 6. The van der Waals surface area contributed by atoms with Crippen LogP contribution in [-0.4, -0.2) is 49.7 Å². The molecule has 1 heterocycles. The molecule has 2 rings (SSSR count). The van der Waals surface area contributed by atoms with E-state index in [0.717, 1.165) is 11.4 Å². The van der Waals surface area contributed by atoms with Gasteiger partial charge in [-0.1, -0.05) is 0 Å². The normalized spacial score (nSPS) is 10.1. The first-order chi connectivity index (χ1) is 11.6. The minimum atomic E-state index is -0.390. The van der Waals surface area contributed by atoms with Gasteiger partial charge in [0.1, 0.15) is 23.7 Å². The molecule has 0 bridgehead atoms. The minimum Gasteiger partial charge on any atom is -0.494 e. The Morgan fingerprint density at radius 3 is 2.56 bits per heavy atom. The fraction of sp³-hybridized carbons (Fsp3) is 0.333. The van der Waals surface area contributed by atoms with Gasteiger partial charge in [0.25, 0.3) is 0 Å². The number of likely N-dealkylation sites (N-methyl/N-ethyl adjacent to an activating group) is 1. The Hall–Kier alpha value is -2.31. The zero-order chi connectivity index (χ0) is 17.4. The van der Waals surface area contributed by atoms with Gasteiger partial charge in [0.2, 0.25) is 0 Å². The minimum absolute atomic E-state index is 0. The quantitative estimate of drug-likeness (QED) is 0.724. The van der Waals surface area contributed by atoms with Crippen molar-refractivity contribution in [1.29, 1.82) is 0 Å². The van der Waals surface area contributed by atoms with E-state index in [0.29, 0.717) is 31.1 Å². The van der Waals surface area contributed by atoms with Crippen LogP contribution in [0.3, 0.4) is 0 Å². The van der Waals surface area contributed by atoms with Crippen molar-refractivity contribution in [2.75, 3.05) is 39.2 Å². The van der Waals surface area contributed by atoms with Gasteiger partial charge in [-0.3, -0.25) is 0 Å². The molecule has 0 aliphatic carbocycles. The maximum atomic E-state index is 12.2. The summed E-state index contributed by atoms with van der Waals surface area (Å²) < 4.78 is 10.7. The van der Waals surface area contributed by atoms with Gasteiger partial charge in [0, 0.05) is 18.4 Å². The van der Waals surface area contributed by atoms with E-state index in [1.807, 2.05) is 50.2 Å². The summed E-state index contributed by atoms with van der Waals surface area (Å²) in [6.07, 6.45) is 1.63. The molecule has 0 fully saturated rings. The maximum absolute atomic E-state index is 12.2. The highest BCUT2D eigenvalue weighted by Crippen LogP contribution is 2.21. The Bertz CT molecular complexity index is 663. The van der Waals surface area contributed by atoms with Crippen molar-refractivity contribution in [3.05, 3.63) is 48.2 Å². The summed E-state index contributed by atoms with van der Waals surface area (Å²) in [5.74, 6) is 0.877. The van der Waals surface area contributed by atoms with E-state index in [1.54, 1.807) is 18.3 Å². The van der Waals surface area contributed by atoms with Crippen LogP contribution in [-0.2, 0) is 4.74 Å². The summed E-state index contributed by atoms with van der Waals surface area (Å²) in [6, 6.07) is 10.9. The molecule has 1 aromatic carbocycles. The predicted octanol–water partition coefficient (Wildman–Crippen LogP) is 3.36. The second-order valence-electron chi connectivity index (χ2n) is 5.42. The monoisotopic (exact) mass is 365 g/mol. The smallest absolute Gasteiger partial charge is 0.341 e. The molecule has 136 valence electrons.